The highest BCUT2D eigenvalue weighted by atomic mass is 32.2. The van der Waals surface area contributed by atoms with E-state index in [0.29, 0.717) is 43.3 Å². The summed E-state index contributed by atoms with van der Waals surface area (Å²) < 4.78 is 40.4. The third-order valence-corrected chi connectivity index (χ3v) is 7.52. The van der Waals surface area contributed by atoms with E-state index in [4.69, 9.17) is 9.47 Å². The van der Waals surface area contributed by atoms with Gasteiger partial charge in [0.05, 0.1) is 29.4 Å². The van der Waals surface area contributed by atoms with Crippen molar-refractivity contribution in [3.8, 4) is 5.75 Å². The van der Waals surface area contributed by atoms with E-state index in [2.05, 4.69) is 10.3 Å². The SMILES string of the molecule is O=C(Nc1cccc(S(=O)(=O)N2CCOCC2)c1)c1ccccc1OCc1cn2ccccc2n1. The molecule has 1 amide bonds. The van der Waals surface area contributed by atoms with Crippen molar-refractivity contribution in [1.82, 2.24) is 13.7 Å². The Morgan fingerprint density at radius 2 is 1.83 bits per heavy atom. The minimum Gasteiger partial charge on any atom is -0.486 e. The van der Waals surface area contributed by atoms with Crippen LogP contribution in [0.3, 0.4) is 0 Å². The lowest BCUT2D eigenvalue weighted by Gasteiger charge is -2.26. The number of para-hydroxylation sites is 1. The molecule has 10 heteroatoms. The summed E-state index contributed by atoms with van der Waals surface area (Å²) in [6, 6.07) is 18.9. The quantitative estimate of drug-likeness (QED) is 0.425. The standard InChI is InChI=1S/C25H24N4O5S/c30-25(27-19-6-5-7-21(16-19)35(31,32)29-12-14-33-15-13-29)22-8-1-2-9-23(22)34-18-20-17-28-11-4-3-10-24(28)26-20/h1-11,16-17H,12-15,18H2,(H,27,30). The molecule has 4 aromatic rings. The van der Waals surface area contributed by atoms with Crippen molar-refractivity contribution in [2.24, 2.45) is 0 Å². The molecule has 1 saturated heterocycles. The van der Waals surface area contributed by atoms with Gasteiger partial charge in [-0.15, -0.1) is 0 Å². The second-order valence-corrected chi connectivity index (χ2v) is 9.92. The largest absolute Gasteiger partial charge is 0.486 e. The van der Waals surface area contributed by atoms with Crippen molar-refractivity contribution < 1.29 is 22.7 Å². The maximum atomic E-state index is 13.1. The van der Waals surface area contributed by atoms with E-state index in [1.54, 1.807) is 36.4 Å². The predicted molar refractivity (Wildman–Crippen MR) is 130 cm³/mol. The van der Waals surface area contributed by atoms with Crippen molar-refractivity contribution in [3.63, 3.8) is 0 Å². The molecule has 0 saturated carbocycles. The van der Waals surface area contributed by atoms with Crippen molar-refractivity contribution in [2.75, 3.05) is 31.6 Å². The number of nitrogens with one attached hydrogen (secondary N) is 1. The molecule has 0 radical (unpaired) electrons. The number of benzene rings is 2. The van der Waals surface area contributed by atoms with Crippen LogP contribution in [0.15, 0.2) is 84.0 Å². The van der Waals surface area contributed by atoms with Gasteiger partial charge in [-0.05, 0) is 42.5 Å². The van der Waals surface area contributed by atoms with Crippen LogP contribution in [0.5, 0.6) is 5.75 Å². The molecule has 3 heterocycles. The topological polar surface area (TPSA) is 102 Å². The average molecular weight is 493 g/mol. The first-order valence-electron chi connectivity index (χ1n) is 11.1. The van der Waals surface area contributed by atoms with Gasteiger partial charge < -0.3 is 19.2 Å². The summed E-state index contributed by atoms with van der Waals surface area (Å²) in [6.45, 7) is 1.52. The number of sulfonamides is 1. The van der Waals surface area contributed by atoms with Gasteiger partial charge in [0.15, 0.2) is 0 Å². The molecule has 0 bridgehead atoms. The summed E-state index contributed by atoms with van der Waals surface area (Å²) >= 11 is 0. The van der Waals surface area contributed by atoms with Crippen LogP contribution in [0.25, 0.3) is 5.65 Å². The smallest absolute Gasteiger partial charge is 0.259 e. The second-order valence-electron chi connectivity index (χ2n) is 7.98. The zero-order valence-corrected chi connectivity index (χ0v) is 19.6. The Kier molecular flexibility index (Phi) is 6.49. The van der Waals surface area contributed by atoms with E-state index in [1.165, 1.54) is 16.4 Å². The number of rotatable bonds is 7. The fraction of sp³-hybridized carbons (Fsp3) is 0.200. The van der Waals surface area contributed by atoms with Gasteiger partial charge in [-0.1, -0.05) is 24.3 Å². The van der Waals surface area contributed by atoms with E-state index in [1.807, 2.05) is 35.0 Å². The summed E-state index contributed by atoms with van der Waals surface area (Å²) in [5.41, 5.74) is 2.24. The number of pyridine rings is 1. The first-order valence-corrected chi connectivity index (χ1v) is 12.6. The van der Waals surface area contributed by atoms with E-state index >= 15 is 0 Å². The number of amides is 1. The Morgan fingerprint density at radius 1 is 1.03 bits per heavy atom. The molecule has 2 aromatic carbocycles. The monoisotopic (exact) mass is 492 g/mol. The van der Waals surface area contributed by atoms with Crippen LogP contribution in [0, 0.1) is 0 Å². The first-order chi connectivity index (χ1) is 17.0. The van der Waals surface area contributed by atoms with Crippen LogP contribution in [0.2, 0.25) is 0 Å². The minimum atomic E-state index is -3.68. The van der Waals surface area contributed by atoms with Gasteiger partial charge in [-0.25, -0.2) is 13.4 Å². The summed E-state index contributed by atoms with van der Waals surface area (Å²) in [6.07, 6.45) is 3.78. The highest BCUT2D eigenvalue weighted by molar-refractivity contribution is 7.89. The Bertz CT molecular complexity index is 1430. The Morgan fingerprint density at radius 3 is 2.66 bits per heavy atom. The van der Waals surface area contributed by atoms with Gasteiger partial charge in [0.1, 0.15) is 18.0 Å². The number of carbonyl (C=O) groups is 1. The van der Waals surface area contributed by atoms with Crippen LogP contribution in [0.1, 0.15) is 16.1 Å². The molecule has 1 aliphatic rings. The second kappa shape index (κ2) is 9.87. The maximum Gasteiger partial charge on any atom is 0.259 e. The maximum absolute atomic E-state index is 13.1. The number of ether oxygens (including phenoxy) is 2. The van der Waals surface area contributed by atoms with Gasteiger partial charge in [-0.2, -0.15) is 4.31 Å². The lowest BCUT2D eigenvalue weighted by Crippen LogP contribution is -2.40. The molecule has 1 aliphatic heterocycles. The molecule has 0 atom stereocenters. The van der Waals surface area contributed by atoms with Gasteiger partial charge in [-0.3, -0.25) is 4.79 Å². The predicted octanol–water partition coefficient (Wildman–Crippen LogP) is 3.19. The van der Waals surface area contributed by atoms with Crippen LogP contribution in [0.4, 0.5) is 5.69 Å². The van der Waals surface area contributed by atoms with Crippen LogP contribution in [-0.2, 0) is 21.4 Å². The average Bonchev–Trinajstić information content (AvgIpc) is 3.31. The molecule has 0 spiro atoms. The van der Waals surface area contributed by atoms with Crippen LogP contribution in [-0.4, -0.2) is 54.3 Å². The molecular formula is C25H24N4O5S. The van der Waals surface area contributed by atoms with E-state index in [0.717, 1.165) is 11.3 Å². The number of fused-ring (bicyclic) bond motifs is 1. The minimum absolute atomic E-state index is 0.119. The lowest BCUT2D eigenvalue weighted by atomic mass is 10.2. The van der Waals surface area contributed by atoms with Crippen molar-refractivity contribution in [1.29, 1.82) is 0 Å². The summed E-state index contributed by atoms with van der Waals surface area (Å²) in [5, 5.41) is 2.79. The first kappa shape index (κ1) is 23.0. The normalized spacial score (nSPS) is 14.6. The number of anilines is 1. The Hall–Kier alpha value is -3.73. The number of carbonyl (C=O) groups excluding carboxylic acids is 1. The number of hydrogen-bond acceptors (Lipinski definition) is 6. The van der Waals surface area contributed by atoms with Crippen molar-refractivity contribution in [3.05, 3.63) is 90.4 Å². The molecule has 0 aliphatic carbocycles. The third kappa shape index (κ3) is 5.04. The zero-order chi connectivity index (χ0) is 24.3. The number of aromatic nitrogens is 2. The van der Waals surface area contributed by atoms with Gasteiger partial charge >= 0.3 is 0 Å². The van der Waals surface area contributed by atoms with E-state index < -0.39 is 15.9 Å². The highest BCUT2D eigenvalue weighted by Gasteiger charge is 2.26. The highest BCUT2D eigenvalue weighted by Crippen LogP contribution is 2.24. The fourth-order valence-electron chi connectivity index (χ4n) is 3.86. The molecular weight excluding hydrogens is 468 g/mol. The molecule has 0 unspecified atom stereocenters. The zero-order valence-electron chi connectivity index (χ0n) is 18.8. The number of nitrogens with zero attached hydrogens (tertiary/aromatic N) is 3. The van der Waals surface area contributed by atoms with Crippen molar-refractivity contribution >= 4 is 27.3 Å². The summed E-state index contributed by atoms with van der Waals surface area (Å²) in [4.78, 5) is 17.7. The van der Waals surface area contributed by atoms with E-state index in [-0.39, 0.29) is 11.5 Å². The molecule has 1 N–H and O–H groups in total. The third-order valence-electron chi connectivity index (χ3n) is 5.62. The lowest BCUT2D eigenvalue weighted by molar-refractivity contribution is 0.0730. The molecule has 35 heavy (non-hydrogen) atoms. The molecule has 2 aromatic heterocycles. The van der Waals surface area contributed by atoms with Crippen LogP contribution >= 0.6 is 0 Å². The fourth-order valence-corrected chi connectivity index (χ4v) is 5.31. The molecule has 180 valence electrons. The van der Waals surface area contributed by atoms with E-state index in [9.17, 15) is 13.2 Å². The molecule has 9 nitrogen and oxygen atoms in total. The Labute approximate surface area is 203 Å². The van der Waals surface area contributed by atoms with Gasteiger partial charge in [0.2, 0.25) is 10.0 Å². The number of morpholine rings is 1. The molecule has 1 fully saturated rings. The van der Waals surface area contributed by atoms with Crippen molar-refractivity contribution in [2.45, 2.75) is 11.5 Å². The summed E-state index contributed by atoms with van der Waals surface area (Å²) in [7, 11) is -3.68. The van der Waals surface area contributed by atoms with Crippen LogP contribution < -0.4 is 10.1 Å². The van der Waals surface area contributed by atoms with Gasteiger partial charge in [0.25, 0.3) is 5.91 Å². The molecule has 5 rings (SSSR count). The number of hydrogen-bond donors (Lipinski definition) is 1. The summed E-state index contributed by atoms with van der Waals surface area (Å²) in [5.74, 6) is -0.00401. The Balaban J connectivity index is 1.31. The van der Waals surface area contributed by atoms with Gasteiger partial charge in [0, 0.05) is 31.2 Å². The number of imidazole rings is 1.